The first-order valence-electron chi connectivity index (χ1n) is 14.5. The van der Waals surface area contributed by atoms with Gasteiger partial charge in [-0.2, -0.15) is 0 Å². The van der Waals surface area contributed by atoms with Gasteiger partial charge in [-0.25, -0.2) is 0 Å². The van der Waals surface area contributed by atoms with Crippen LogP contribution in [0.5, 0.6) is 0 Å². The van der Waals surface area contributed by atoms with E-state index in [1.54, 1.807) is 0 Å². The molecule has 9 rings (SSSR count). The minimum Gasteiger partial charge on any atom is -0.0619 e. The van der Waals surface area contributed by atoms with Crippen LogP contribution in [0.3, 0.4) is 0 Å². The summed E-state index contributed by atoms with van der Waals surface area (Å²) in [5.74, 6) is 0. The quantitative estimate of drug-likeness (QED) is 0.186. The summed E-state index contributed by atoms with van der Waals surface area (Å²) in [6.07, 6.45) is 0. The lowest BCUT2D eigenvalue weighted by atomic mass is 9.70. The van der Waals surface area contributed by atoms with E-state index in [-0.39, 0.29) is 5.41 Å². The molecule has 1 spiro atoms. The molecule has 0 unspecified atom stereocenters. The highest BCUT2D eigenvalue weighted by molar-refractivity contribution is 9.10. The van der Waals surface area contributed by atoms with E-state index in [1.807, 2.05) is 0 Å². The van der Waals surface area contributed by atoms with Crippen LogP contribution in [0.4, 0.5) is 0 Å². The maximum absolute atomic E-state index is 3.61. The molecule has 1 heteroatoms. The van der Waals surface area contributed by atoms with E-state index >= 15 is 0 Å². The molecule has 0 fully saturated rings. The van der Waals surface area contributed by atoms with E-state index in [2.05, 4.69) is 168 Å². The van der Waals surface area contributed by atoms with Crippen LogP contribution < -0.4 is 0 Å². The molecular formula is C41H25Br. The van der Waals surface area contributed by atoms with Crippen molar-refractivity contribution in [2.45, 2.75) is 5.41 Å². The molecule has 0 aliphatic heterocycles. The Morgan fingerprint density at radius 3 is 1.55 bits per heavy atom. The van der Waals surface area contributed by atoms with E-state index in [1.165, 1.54) is 77.5 Å². The lowest BCUT2D eigenvalue weighted by Crippen LogP contribution is -2.25. The standard InChI is InChI=1S/C41H25Br/c42-30-11-7-9-28(23-30)26-19-21-27(22-20-26)31-15-8-10-29-24-40-36(25-35(29)31)34-14-3-6-18-39(34)41(40)37-16-4-1-12-32(37)33-13-2-5-17-38(33)41/h1-25H. The Balaban J connectivity index is 1.29. The second-order valence-corrected chi connectivity index (χ2v) is 12.3. The van der Waals surface area contributed by atoms with Crippen LogP contribution in [0.1, 0.15) is 22.3 Å². The summed E-state index contributed by atoms with van der Waals surface area (Å²) in [7, 11) is 0. The average Bonchev–Trinajstić information content (AvgIpc) is 3.51. The van der Waals surface area contributed by atoms with Crippen molar-refractivity contribution in [1.29, 1.82) is 0 Å². The summed E-state index contributed by atoms with van der Waals surface area (Å²) in [5, 5.41) is 2.56. The lowest BCUT2D eigenvalue weighted by molar-refractivity contribution is 0.795. The Bertz CT molecular complexity index is 2160. The number of halogens is 1. The van der Waals surface area contributed by atoms with Crippen molar-refractivity contribution in [3.8, 4) is 44.5 Å². The van der Waals surface area contributed by atoms with Crippen LogP contribution in [0, 0.1) is 0 Å². The van der Waals surface area contributed by atoms with Gasteiger partial charge in [0.1, 0.15) is 0 Å². The largest absolute Gasteiger partial charge is 0.0725 e. The predicted octanol–water partition coefficient (Wildman–Crippen LogP) is 11.3. The molecule has 0 bridgehead atoms. The number of benzene rings is 7. The summed E-state index contributed by atoms with van der Waals surface area (Å²) >= 11 is 3.61. The van der Waals surface area contributed by atoms with Gasteiger partial charge < -0.3 is 0 Å². The molecule has 7 aromatic carbocycles. The average molecular weight is 598 g/mol. The van der Waals surface area contributed by atoms with Crippen molar-refractivity contribution in [2.75, 3.05) is 0 Å². The van der Waals surface area contributed by atoms with Crippen LogP contribution >= 0.6 is 15.9 Å². The molecule has 0 heterocycles. The minimum atomic E-state index is -0.311. The van der Waals surface area contributed by atoms with E-state index in [4.69, 9.17) is 0 Å². The normalized spacial score (nSPS) is 13.5. The van der Waals surface area contributed by atoms with Crippen molar-refractivity contribution >= 4 is 26.7 Å². The molecule has 0 nitrogen and oxygen atoms in total. The SMILES string of the molecule is Brc1cccc(-c2ccc(-c3cccc4cc5c(cc34)-c3ccccc3C53c4ccccc4-c4ccccc43)cc2)c1. The molecule has 0 N–H and O–H groups in total. The summed E-state index contributed by atoms with van der Waals surface area (Å²) in [5.41, 5.74) is 15.5. The topological polar surface area (TPSA) is 0 Å². The zero-order valence-corrected chi connectivity index (χ0v) is 24.4. The molecule has 7 aromatic rings. The molecule has 0 saturated heterocycles. The summed E-state index contributed by atoms with van der Waals surface area (Å²) < 4.78 is 1.09. The maximum atomic E-state index is 3.61. The van der Waals surface area contributed by atoms with E-state index in [0.29, 0.717) is 0 Å². The Morgan fingerprint density at radius 2 is 0.905 bits per heavy atom. The molecular weight excluding hydrogens is 572 g/mol. The van der Waals surface area contributed by atoms with Crippen LogP contribution in [0.2, 0.25) is 0 Å². The number of fused-ring (bicyclic) bond motifs is 11. The van der Waals surface area contributed by atoms with Crippen LogP contribution in [-0.2, 0) is 5.41 Å². The fraction of sp³-hybridized carbons (Fsp3) is 0.0244. The Labute approximate surface area is 254 Å². The van der Waals surface area contributed by atoms with Gasteiger partial charge in [-0.3, -0.25) is 0 Å². The first kappa shape index (κ1) is 23.9. The summed E-state index contributed by atoms with van der Waals surface area (Å²) in [4.78, 5) is 0. The van der Waals surface area contributed by atoms with Crippen molar-refractivity contribution < 1.29 is 0 Å². The highest BCUT2D eigenvalue weighted by atomic mass is 79.9. The fourth-order valence-corrected chi connectivity index (χ4v) is 8.03. The van der Waals surface area contributed by atoms with E-state index in [0.717, 1.165) is 4.47 Å². The minimum absolute atomic E-state index is 0.311. The molecule has 2 aliphatic carbocycles. The maximum Gasteiger partial charge on any atom is 0.0725 e. The van der Waals surface area contributed by atoms with Crippen LogP contribution in [0.25, 0.3) is 55.3 Å². The van der Waals surface area contributed by atoms with Gasteiger partial charge in [0.15, 0.2) is 0 Å². The first-order chi connectivity index (χ1) is 20.7. The van der Waals surface area contributed by atoms with Crippen molar-refractivity contribution in [1.82, 2.24) is 0 Å². The predicted molar refractivity (Wildman–Crippen MR) is 179 cm³/mol. The molecule has 0 saturated carbocycles. The number of hydrogen-bond acceptors (Lipinski definition) is 0. The van der Waals surface area contributed by atoms with Gasteiger partial charge in [0, 0.05) is 4.47 Å². The van der Waals surface area contributed by atoms with Crippen LogP contribution in [0.15, 0.2) is 156 Å². The zero-order valence-electron chi connectivity index (χ0n) is 22.8. The highest BCUT2D eigenvalue weighted by Crippen LogP contribution is 2.63. The Morgan fingerprint density at radius 1 is 0.357 bits per heavy atom. The molecule has 0 aromatic heterocycles. The van der Waals surface area contributed by atoms with Crippen molar-refractivity contribution in [3.05, 3.63) is 178 Å². The summed E-state index contributed by atoms with van der Waals surface area (Å²) in [6, 6.07) is 56.2. The monoisotopic (exact) mass is 596 g/mol. The smallest absolute Gasteiger partial charge is 0.0619 e. The van der Waals surface area contributed by atoms with Gasteiger partial charge in [-0.15, -0.1) is 0 Å². The Kier molecular flexibility index (Phi) is 5.06. The number of rotatable bonds is 2. The van der Waals surface area contributed by atoms with Crippen molar-refractivity contribution in [3.63, 3.8) is 0 Å². The molecule has 2 aliphatic rings. The zero-order chi connectivity index (χ0) is 27.8. The van der Waals surface area contributed by atoms with E-state index in [9.17, 15) is 0 Å². The third-order valence-corrected chi connectivity index (χ3v) is 9.84. The van der Waals surface area contributed by atoms with Gasteiger partial charge in [-0.1, -0.05) is 143 Å². The van der Waals surface area contributed by atoms with Gasteiger partial charge in [-0.05, 0) is 102 Å². The lowest BCUT2D eigenvalue weighted by Gasteiger charge is -2.30. The molecule has 0 atom stereocenters. The number of hydrogen-bond donors (Lipinski definition) is 0. The molecule has 0 radical (unpaired) electrons. The van der Waals surface area contributed by atoms with Gasteiger partial charge in [0.2, 0.25) is 0 Å². The molecule has 196 valence electrons. The molecule has 42 heavy (non-hydrogen) atoms. The van der Waals surface area contributed by atoms with Gasteiger partial charge >= 0.3 is 0 Å². The first-order valence-corrected chi connectivity index (χ1v) is 15.3. The van der Waals surface area contributed by atoms with Gasteiger partial charge in [0.05, 0.1) is 5.41 Å². The molecule has 0 amide bonds. The third kappa shape index (κ3) is 3.17. The highest BCUT2D eigenvalue weighted by Gasteiger charge is 2.51. The Hall–Kier alpha value is -4.72. The van der Waals surface area contributed by atoms with Crippen molar-refractivity contribution in [2.24, 2.45) is 0 Å². The second kappa shape index (κ2) is 8.89. The third-order valence-electron chi connectivity index (χ3n) is 9.35. The van der Waals surface area contributed by atoms with E-state index < -0.39 is 0 Å². The fourth-order valence-electron chi connectivity index (χ4n) is 7.63. The van der Waals surface area contributed by atoms with Gasteiger partial charge in [0.25, 0.3) is 0 Å². The van der Waals surface area contributed by atoms with Crippen LogP contribution in [-0.4, -0.2) is 0 Å². The summed E-state index contributed by atoms with van der Waals surface area (Å²) in [6.45, 7) is 0. The second-order valence-electron chi connectivity index (χ2n) is 11.4.